The van der Waals surface area contributed by atoms with Gasteiger partial charge in [0.1, 0.15) is 10.8 Å². The molecule has 2 rings (SSSR count). The number of para-hydroxylation sites is 1. The molecule has 0 aliphatic heterocycles. The van der Waals surface area contributed by atoms with Crippen LogP contribution in [0, 0.1) is 0 Å². The summed E-state index contributed by atoms with van der Waals surface area (Å²) in [6, 6.07) is 8.00. The number of rotatable bonds is 3. The van der Waals surface area contributed by atoms with Crippen molar-refractivity contribution in [1.82, 2.24) is 4.98 Å². The lowest BCUT2D eigenvalue weighted by atomic mass is 9.91. The van der Waals surface area contributed by atoms with Crippen LogP contribution >= 0.6 is 24.0 Å². The molecule has 0 aliphatic rings. The van der Waals surface area contributed by atoms with Gasteiger partial charge in [0.2, 0.25) is 0 Å². The van der Waals surface area contributed by atoms with Gasteiger partial charge in [-0.1, -0.05) is 32.9 Å². The molecule has 1 heterocycles. The van der Waals surface area contributed by atoms with Crippen molar-refractivity contribution in [3.8, 4) is 16.3 Å². The highest BCUT2D eigenvalue weighted by Crippen LogP contribution is 2.38. The first-order chi connectivity index (χ1) is 8.97. The molecule has 0 fully saturated rings. The van der Waals surface area contributed by atoms with E-state index in [9.17, 15) is 0 Å². The number of thiol groups is 1. The van der Waals surface area contributed by atoms with Crippen LogP contribution < -0.4 is 4.74 Å². The average Bonchev–Trinajstić information content (AvgIpc) is 2.82. The Morgan fingerprint density at radius 1 is 1.26 bits per heavy atom. The van der Waals surface area contributed by atoms with Crippen molar-refractivity contribution in [1.29, 1.82) is 0 Å². The predicted molar refractivity (Wildman–Crippen MR) is 85.5 cm³/mol. The van der Waals surface area contributed by atoms with Crippen LogP contribution in [0.15, 0.2) is 24.3 Å². The quantitative estimate of drug-likeness (QED) is 0.839. The molecule has 0 saturated carbocycles. The van der Waals surface area contributed by atoms with E-state index in [2.05, 4.69) is 33.4 Å². The predicted octanol–water partition coefficient (Wildman–Crippen LogP) is 4.55. The third kappa shape index (κ3) is 2.95. The van der Waals surface area contributed by atoms with Crippen LogP contribution in [0.2, 0.25) is 0 Å². The fourth-order valence-corrected chi connectivity index (χ4v) is 3.49. The standard InChI is InChI=1S/C15H19NOS2/c1-15(2,3)13-12(9-18)19-14(16-13)10-7-5-6-8-11(10)17-4/h5-8,18H,9H2,1-4H3. The highest BCUT2D eigenvalue weighted by atomic mass is 32.1. The van der Waals surface area contributed by atoms with E-state index in [4.69, 9.17) is 9.72 Å². The molecule has 0 aliphatic carbocycles. The van der Waals surface area contributed by atoms with Crippen LogP contribution in [0.3, 0.4) is 0 Å². The topological polar surface area (TPSA) is 22.1 Å². The highest BCUT2D eigenvalue weighted by Gasteiger charge is 2.23. The maximum absolute atomic E-state index is 5.42. The van der Waals surface area contributed by atoms with Crippen molar-refractivity contribution < 1.29 is 4.74 Å². The number of ether oxygens (including phenoxy) is 1. The smallest absolute Gasteiger partial charge is 0.129 e. The number of hydrogen-bond acceptors (Lipinski definition) is 4. The molecule has 4 heteroatoms. The first-order valence-electron chi connectivity index (χ1n) is 6.21. The van der Waals surface area contributed by atoms with Crippen LogP contribution in [-0.4, -0.2) is 12.1 Å². The molecular formula is C15H19NOS2. The number of aromatic nitrogens is 1. The summed E-state index contributed by atoms with van der Waals surface area (Å²) in [5, 5.41) is 1.01. The monoisotopic (exact) mass is 293 g/mol. The number of benzene rings is 1. The van der Waals surface area contributed by atoms with Crippen LogP contribution in [0.25, 0.3) is 10.6 Å². The van der Waals surface area contributed by atoms with Gasteiger partial charge in [-0.05, 0) is 12.1 Å². The molecule has 0 unspecified atom stereocenters. The molecule has 19 heavy (non-hydrogen) atoms. The van der Waals surface area contributed by atoms with Gasteiger partial charge in [0, 0.05) is 16.0 Å². The number of hydrogen-bond donors (Lipinski definition) is 1. The maximum Gasteiger partial charge on any atom is 0.129 e. The van der Waals surface area contributed by atoms with Crippen LogP contribution in [0.5, 0.6) is 5.75 Å². The first kappa shape index (κ1) is 14.4. The number of methoxy groups -OCH3 is 1. The fraction of sp³-hybridized carbons (Fsp3) is 0.400. The van der Waals surface area contributed by atoms with Crippen molar-refractivity contribution in [2.75, 3.05) is 7.11 Å². The molecule has 0 spiro atoms. The van der Waals surface area contributed by atoms with Gasteiger partial charge in [0.25, 0.3) is 0 Å². The lowest BCUT2D eigenvalue weighted by molar-refractivity contribution is 0.416. The molecule has 1 aromatic carbocycles. The number of nitrogens with zero attached hydrogens (tertiary/aromatic N) is 1. The summed E-state index contributed by atoms with van der Waals surface area (Å²) in [5.74, 6) is 1.59. The van der Waals surface area contributed by atoms with E-state index < -0.39 is 0 Å². The second-order valence-electron chi connectivity index (χ2n) is 5.40. The van der Waals surface area contributed by atoms with Gasteiger partial charge in [-0.3, -0.25) is 0 Å². The van der Waals surface area contributed by atoms with E-state index in [0.29, 0.717) is 0 Å². The van der Waals surface area contributed by atoms with Gasteiger partial charge < -0.3 is 4.74 Å². The number of thiazole rings is 1. The van der Waals surface area contributed by atoms with Crippen molar-refractivity contribution >= 4 is 24.0 Å². The van der Waals surface area contributed by atoms with Crippen LogP contribution in [-0.2, 0) is 11.2 Å². The largest absolute Gasteiger partial charge is 0.496 e. The summed E-state index contributed by atoms with van der Waals surface area (Å²) in [6.45, 7) is 6.54. The minimum atomic E-state index is 0.0365. The SMILES string of the molecule is COc1ccccc1-c1nc(C(C)(C)C)c(CS)s1. The normalized spacial score (nSPS) is 11.6. The summed E-state index contributed by atoms with van der Waals surface area (Å²) in [7, 11) is 1.69. The summed E-state index contributed by atoms with van der Waals surface area (Å²) in [6.07, 6.45) is 0. The second-order valence-corrected chi connectivity index (χ2v) is 6.80. The summed E-state index contributed by atoms with van der Waals surface area (Å²) < 4.78 is 5.42. The van der Waals surface area contributed by atoms with Gasteiger partial charge in [0.05, 0.1) is 18.4 Å². The molecule has 2 aromatic rings. The third-order valence-corrected chi connectivity index (χ3v) is 4.51. The molecule has 0 atom stereocenters. The van der Waals surface area contributed by atoms with E-state index in [1.807, 2.05) is 24.3 Å². The van der Waals surface area contributed by atoms with E-state index in [1.54, 1.807) is 18.4 Å². The first-order valence-corrected chi connectivity index (χ1v) is 7.66. The fourth-order valence-electron chi connectivity index (χ4n) is 1.98. The lowest BCUT2D eigenvalue weighted by Gasteiger charge is -2.16. The Bertz CT molecular complexity index is 570. The van der Waals surface area contributed by atoms with Gasteiger partial charge in [0.15, 0.2) is 0 Å². The van der Waals surface area contributed by atoms with Crippen molar-refractivity contribution in [2.24, 2.45) is 0 Å². The molecule has 0 amide bonds. The molecule has 0 bridgehead atoms. The summed E-state index contributed by atoms with van der Waals surface area (Å²) in [4.78, 5) is 6.05. The molecule has 0 radical (unpaired) electrons. The van der Waals surface area contributed by atoms with E-state index in [1.165, 1.54) is 4.88 Å². The summed E-state index contributed by atoms with van der Waals surface area (Å²) >= 11 is 6.13. The van der Waals surface area contributed by atoms with Crippen molar-refractivity contribution in [3.63, 3.8) is 0 Å². The van der Waals surface area contributed by atoms with Gasteiger partial charge in [-0.15, -0.1) is 11.3 Å². The minimum Gasteiger partial charge on any atom is -0.496 e. The summed E-state index contributed by atoms with van der Waals surface area (Å²) in [5.41, 5.74) is 2.22. The minimum absolute atomic E-state index is 0.0365. The van der Waals surface area contributed by atoms with E-state index in [0.717, 1.165) is 27.8 Å². The Balaban J connectivity index is 2.55. The Morgan fingerprint density at radius 2 is 1.95 bits per heavy atom. The average molecular weight is 293 g/mol. The van der Waals surface area contributed by atoms with Crippen molar-refractivity contribution in [3.05, 3.63) is 34.8 Å². The van der Waals surface area contributed by atoms with E-state index in [-0.39, 0.29) is 5.41 Å². The Hall–Kier alpha value is -1.000. The highest BCUT2D eigenvalue weighted by molar-refractivity contribution is 7.79. The molecular weight excluding hydrogens is 274 g/mol. The maximum atomic E-state index is 5.42. The third-order valence-electron chi connectivity index (χ3n) is 2.89. The lowest BCUT2D eigenvalue weighted by Crippen LogP contribution is -2.13. The Morgan fingerprint density at radius 3 is 2.47 bits per heavy atom. The van der Waals surface area contributed by atoms with Gasteiger partial charge in [-0.25, -0.2) is 4.98 Å². The second kappa shape index (κ2) is 5.55. The van der Waals surface area contributed by atoms with E-state index >= 15 is 0 Å². The molecule has 0 N–H and O–H groups in total. The zero-order chi connectivity index (χ0) is 14.0. The van der Waals surface area contributed by atoms with Crippen LogP contribution in [0.4, 0.5) is 0 Å². The Kier molecular flexibility index (Phi) is 4.21. The molecule has 2 nitrogen and oxygen atoms in total. The zero-order valence-electron chi connectivity index (χ0n) is 11.7. The molecule has 0 saturated heterocycles. The van der Waals surface area contributed by atoms with Crippen molar-refractivity contribution in [2.45, 2.75) is 31.9 Å². The molecule has 102 valence electrons. The zero-order valence-corrected chi connectivity index (χ0v) is 13.4. The molecule has 1 aromatic heterocycles. The van der Waals surface area contributed by atoms with Gasteiger partial charge >= 0.3 is 0 Å². The van der Waals surface area contributed by atoms with Gasteiger partial charge in [-0.2, -0.15) is 12.6 Å². The van der Waals surface area contributed by atoms with Crippen LogP contribution in [0.1, 0.15) is 31.3 Å². The Labute approximate surface area is 124 Å².